The number of fused-ring (bicyclic) bond motifs is 1. The van der Waals surface area contributed by atoms with Crippen LogP contribution in [0, 0.1) is 5.82 Å². The van der Waals surface area contributed by atoms with Crippen LogP contribution < -0.4 is 4.90 Å². The summed E-state index contributed by atoms with van der Waals surface area (Å²) in [7, 11) is -3.34. The first-order valence-electron chi connectivity index (χ1n) is 10.0. The normalized spacial score (nSPS) is 11.7. The lowest BCUT2D eigenvalue weighted by atomic mass is 10.2. The Kier molecular flexibility index (Phi) is 6.66. The highest BCUT2D eigenvalue weighted by Crippen LogP contribution is 2.31. The van der Waals surface area contributed by atoms with Crippen molar-refractivity contribution in [1.82, 2.24) is 4.98 Å². The minimum absolute atomic E-state index is 0.0407. The monoisotopic (exact) mass is 472 g/mol. The van der Waals surface area contributed by atoms with E-state index in [0.29, 0.717) is 21.1 Å². The molecule has 32 heavy (non-hydrogen) atoms. The summed E-state index contributed by atoms with van der Waals surface area (Å²) in [4.78, 5) is 19.0. The van der Waals surface area contributed by atoms with Crippen LogP contribution >= 0.6 is 11.3 Å². The molecule has 6 nitrogen and oxygen atoms in total. The van der Waals surface area contributed by atoms with E-state index in [1.54, 1.807) is 42.5 Å². The summed E-state index contributed by atoms with van der Waals surface area (Å²) in [6.07, 6.45) is 1.75. The van der Waals surface area contributed by atoms with Crippen molar-refractivity contribution in [1.29, 1.82) is 0 Å². The number of halogens is 1. The number of amides is 1. The molecule has 0 bridgehead atoms. The largest absolute Gasteiger partial charge is 0.467 e. The molecule has 0 spiro atoms. The van der Waals surface area contributed by atoms with Crippen molar-refractivity contribution < 1.29 is 22.0 Å². The lowest BCUT2D eigenvalue weighted by molar-refractivity contribution is -0.118. The van der Waals surface area contributed by atoms with Gasteiger partial charge in [0, 0.05) is 6.42 Å². The Bertz CT molecular complexity index is 1300. The van der Waals surface area contributed by atoms with Gasteiger partial charge < -0.3 is 4.42 Å². The predicted molar refractivity (Wildman–Crippen MR) is 123 cm³/mol. The lowest BCUT2D eigenvalue weighted by Crippen LogP contribution is -2.30. The highest BCUT2D eigenvalue weighted by atomic mass is 32.2. The summed E-state index contributed by atoms with van der Waals surface area (Å²) in [5.41, 5.74) is 1.31. The number of carbonyl (C=O) groups excluding carboxylic acids is 1. The number of anilines is 1. The maximum Gasteiger partial charge on any atom is 0.229 e. The first kappa shape index (κ1) is 22.2. The molecule has 0 aliphatic heterocycles. The van der Waals surface area contributed by atoms with Crippen molar-refractivity contribution >= 4 is 42.4 Å². The van der Waals surface area contributed by atoms with Gasteiger partial charge in [-0.25, -0.2) is 17.8 Å². The third-order valence-corrected chi connectivity index (χ3v) is 7.57. The second kappa shape index (κ2) is 9.62. The molecule has 0 unspecified atom stereocenters. The first-order chi connectivity index (χ1) is 15.4. The van der Waals surface area contributed by atoms with Crippen molar-refractivity contribution in [2.45, 2.75) is 25.1 Å². The van der Waals surface area contributed by atoms with Crippen molar-refractivity contribution in [2.75, 3.05) is 10.7 Å². The quantitative estimate of drug-likeness (QED) is 0.344. The topological polar surface area (TPSA) is 80.5 Å². The number of sulfone groups is 1. The molecule has 2 aromatic carbocycles. The molecule has 0 N–H and O–H groups in total. The molecule has 166 valence electrons. The third-order valence-electron chi connectivity index (χ3n) is 4.84. The van der Waals surface area contributed by atoms with Crippen LogP contribution in [0.15, 0.2) is 71.3 Å². The second-order valence-corrected chi connectivity index (χ2v) is 10.5. The minimum Gasteiger partial charge on any atom is -0.467 e. The standard InChI is InChI=1S/C23H21FN2O4S2/c24-18-10-11-20-21(14-18)31-23(25-20)26(15-19-8-4-12-30-19)22(27)9-5-13-32(28,29)16-17-6-2-1-3-7-17/h1-4,6-8,10-12,14H,5,9,13,15-16H2. The van der Waals surface area contributed by atoms with Crippen molar-refractivity contribution in [3.63, 3.8) is 0 Å². The smallest absolute Gasteiger partial charge is 0.229 e. The van der Waals surface area contributed by atoms with E-state index in [1.807, 2.05) is 6.07 Å². The summed E-state index contributed by atoms with van der Waals surface area (Å²) in [5, 5.41) is 0.416. The molecule has 0 aliphatic rings. The SMILES string of the molecule is O=C(CCCS(=O)(=O)Cc1ccccc1)N(Cc1ccco1)c1nc2ccc(F)cc2s1. The third kappa shape index (κ3) is 5.60. The Hall–Kier alpha value is -3.04. The van der Waals surface area contributed by atoms with Gasteiger partial charge in [-0.05, 0) is 42.3 Å². The molecule has 1 amide bonds. The highest BCUT2D eigenvalue weighted by molar-refractivity contribution is 7.90. The van der Waals surface area contributed by atoms with E-state index in [0.717, 1.165) is 5.56 Å². The number of benzene rings is 2. The van der Waals surface area contributed by atoms with Crippen molar-refractivity contribution in [3.05, 3.63) is 84.1 Å². The number of nitrogens with zero attached hydrogens (tertiary/aromatic N) is 2. The summed E-state index contributed by atoms with van der Waals surface area (Å²) < 4.78 is 44.5. The number of rotatable bonds is 9. The minimum atomic E-state index is -3.34. The van der Waals surface area contributed by atoms with Crippen LogP contribution in [0.2, 0.25) is 0 Å². The van der Waals surface area contributed by atoms with E-state index in [9.17, 15) is 17.6 Å². The van der Waals surface area contributed by atoms with Gasteiger partial charge in [0.25, 0.3) is 0 Å². The fourth-order valence-corrected chi connectivity index (χ4v) is 5.74. The number of furan rings is 1. The predicted octanol–water partition coefficient (Wildman–Crippen LogP) is 4.96. The Balaban J connectivity index is 1.46. The molecule has 0 aliphatic carbocycles. The summed E-state index contributed by atoms with van der Waals surface area (Å²) in [6, 6.07) is 16.7. The maximum absolute atomic E-state index is 13.6. The number of hydrogen-bond acceptors (Lipinski definition) is 6. The molecular weight excluding hydrogens is 451 g/mol. The van der Waals surface area contributed by atoms with Crippen LogP contribution in [-0.2, 0) is 26.9 Å². The van der Waals surface area contributed by atoms with Gasteiger partial charge in [0.1, 0.15) is 11.6 Å². The Morgan fingerprint density at radius 3 is 2.66 bits per heavy atom. The number of thiazole rings is 1. The van der Waals surface area contributed by atoms with Gasteiger partial charge >= 0.3 is 0 Å². The van der Waals surface area contributed by atoms with Crippen molar-refractivity contribution in [2.24, 2.45) is 0 Å². The van der Waals surface area contributed by atoms with E-state index in [2.05, 4.69) is 4.98 Å². The van der Waals surface area contributed by atoms with Crippen LogP contribution in [0.1, 0.15) is 24.2 Å². The van der Waals surface area contributed by atoms with Crippen LogP contribution in [0.4, 0.5) is 9.52 Å². The molecule has 0 radical (unpaired) electrons. The first-order valence-corrected chi connectivity index (χ1v) is 12.7. The van der Waals surface area contributed by atoms with Crippen LogP contribution in [0.5, 0.6) is 0 Å². The van der Waals surface area contributed by atoms with Crippen LogP contribution in [0.3, 0.4) is 0 Å². The zero-order valence-electron chi connectivity index (χ0n) is 17.1. The fraction of sp³-hybridized carbons (Fsp3) is 0.217. The second-order valence-electron chi connectivity index (χ2n) is 7.35. The summed E-state index contributed by atoms with van der Waals surface area (Å²) >= 11 is 1.20. The average Bonchev–Trinajstić information content (AvgIpc) is 3.41. The fourth-order valence-electron chi connectivity index (χ4n) is 3.30. The molecule has 4 aromatic rings. The van der Waals surface area contributed by atoms with Gasteiger partial charge in [-0.1, -0.05) is 41.7 Å². The van der Waals surface area contributed by atoms with Gasteiger partial charge in [-0.15, -0.1) is 0 Å². The molecule has 2 aromatic heterocycles. The van der Waals surface area contributed by atoms with Gasteiger partial charge in [0.05, 0.1) is 34.5 Å². The van der Waals surface area contributed by atoms with E-state index in [-0.39, 0.29) is 42.6 Å². The molecular formula is C23H21FN2O4S2. The lowest BCUT2D eigenvalue weighted by Gasteiger charge is -2.18. The summed E-state index contributed by atoms with van der Waals surface area (Å²) in [5.74, 6) is -0.217. The van der Waals surface area contributed by atoms with Crippen LogP contribution in [-0.4, -0.2) is 25.1 Å². The number of carbonyl (C=O) groups is 1. The van der Waals surface area contributed by atoms with E-state index >= 15 is 0 Å². The maximum atomic E-state index is 13.6. The van der Waals surface area contributed by atoms with E-state index in [1.165, 1.54) is 34.6 Å². The van der Waals surface area contributed by atoms with Gasteiger partial charge in [-0.3, -0.25) is 9.69 Å². The van der Waals surface area contributed by atoms with Gasteiger partial charge in [-0.2, -0.15) is 0 Å². The molecule has 0 saturated carbocycles. The Morgan fingerprint density at radius 1 is 1.09 bits per heavy atom. The van der Waals surface area contributed by atoms with E-state index < -0.39 is 9.84 Å². The Morgan fingerprint density at radius 2 is 1.91 bits per heavy atom. The average molecular weight is 473 g/mol. The van der Waals surface area contributed by atoms with Gasteiger partial charge in [0.2, 0.25) is 5.91 Å². The van der Waals surface area contributed by atoms with Gasteiger partial charge in [0.15, 0.2) is 15.0 Å². The highest BCUT2D eigenvalue weighted by Gasteiger charge is 2.22. The van der Waals surface area contributed by atoms with Crippen LogP contribution in [0.25, 0.3) is 10.2 Å². The number of hydrogen-bond donors (Lipinski definition) is 0. The van der Waals surface area contributed by atoms with E-state index in [4.69, 9.17) is 4.42 Å². The number of aromatic nitrogens is 1. The van der Waals surface area contributed by atoms with Crippen molar-refractivity contribution in [3.8, 4) is 0 Å². The summed E-state index contributed by atoms with van der Waals surface area (Å²) in [6.45, 7) is 0.158. The molecule has 0 atom stereocenters. The molecule has 4 rings (SSSR count). The molecule has 9 heteroatoms. The zero-order chi connectivity index (χ0) is 22.6. The molecule has 0 fully saturated rings. The molecule has 0 saturated heterocycles. The Labute approximate surface area is 189 Å². The molecule has 2 heterocycles. The zero-order valence-corrected chi connectivity index (χ0v) is 18.7.